The van der Waals surface area contributed by atoms with Crippen molar-refractivity contribution in [1.82, 2.24) is 14.5 Å². The van der Waals surface area contributed by atoms with Crippen molar-refractivity contribution in [2.45, 2.75) is 0 Å². The minimum Gasteiger partial charge on any atom is -0.308 e. The number of fused-ring (bicyclic) bond motifs is 13. The van der Waals surface area contributed by atoms with E-state index in [0.29, 0.717) is 0 Å². The number of benzene rings is 8. The van der Waals surface area contributed by atoms with Crippen molar-refractivity contribution in [3.05, 3.63) is 164 Å². The van der Waals surface area contributed by atoms with Crippen LogP contribution >= 0.6 is 11.3 Å². The number of thiophene rings is 1. The maximum Gasteiger partial charge on any atom is 0.160 e. The monoisotopic (exact) mass is 653 g/mol. The largest absolute Gasteiger partial charge is 0.308 e. The predicted octanol–water partition coefficient (Wildman–Crippen LogP) is 12.7. The molecule has 0 aliphatic heterocycles. The van der Waals surface area contributed by atoms with Crippen LogP contribution in [0.25, 0.3) is 103 Å². The van der Waals surface area contributed by atoms with Gasteiger partial charge in [-0.3, -0.25) is 0 Å². The average molecular weight is 654 g/mol. The summed E-state index contributed by atoms with van der Waals surface area (Å²) in [7, 11) is 0. The molecule has 0 N–H and O–H groups in total. The van der Waals surface area contributed by atoms with Gasteiger partial charge < -0.3 is 4.57 Å². The number of nitrogens with zero attached hydrogens (tertiary/aromatic N) is 3. The zero-order chi connectivity index (χ0) is 32.8. The van der Waals surface area contributed by atoms with Crippen molar-refractivity contribution in [3.63, 3.8) is 0 Å². The molecular weight excluding hydrogens is 627 g/mol. The first-order valence-electron chi connectivity index (χ1n) is 16.9. The SMILES string of the molecule is c1ccc(-c2nc(-c3ccccc3)c3sc4c(-n5c6ccccc6c6c7c8ccccc8c8ccccc8c7ccc65)cccc4c3n2)cc1. The van der Waals surface area contributed by atoms with Gasteiger partial charge in [0.2, 0.25) is 0 Å². The highest BCUT2D eigenvalue weighted by atomic mass is 32.1. The lowest BCUT2D eigenvalue weighted by atomic mass is 9.92. The first-order valence-corrected chi connectivity index (χ1v) is 17.7. The van der Waals surface area contributed by atoms with Gasteiger partial charge in [-0.25, -0.2) is 9.97 Å². The first-order chi connectivity index (χ1) is 24.8. The summed E-state index contributed by atoms with van der Waals surface area (Å²) in [6.45, 7) is 0. The van der Waals surface area contributed by atoms with E-state index in [1.807, 2.05) is 18.2 Å². The molecule has 0 unspecified atom stereocenters. The predicted molar refractivity (Wildman–Crippen MR) is 213 cm³/mol. The molecule has 0 fully saturated rings. The first kappa shape index (κ1) is 27.6. The minimum atomic E-state index is 0.740. The second-order valence-corrected chi connectivity index (χ2v) is 13.9. The Balaban J connectivity index is 1.28. The molecule has 3 nitrogen and oxygen atoms in total. The van der Waals surface area contributed by atoms with Gasteiger partial charge in [0.05, 0.1) is 37.3 Å². The van der Waals surface area contributed by atoms with Crippen LogP contribution in [-0.4, -0.2) is 14.5 Å². The van der Waals surface area contributed by atoms with Crippen molar-refractivity contribution < 1.29 is 0 Å². The summed E-state index contributed by atoms with van der Waals surface area (Å²) in [6, 6.07) is 58.7. The Labute approximate surface area is 291 Å². The van der Waals surface area contributed by atoms with E-state index >= 15 is 0 Å². The highest BCUT2D eigenvalue weighted by Crippen LogP contribution is 2.46. The molecule has 3 aromatic heterocycles. The Hall–Kier alpha value is -6.36. The molecule has 11 aromatic rings. The quantitative estimate of drug-likeness (QED) is 0.178. The van der Waals surface area contributed by atoms with E-state index in [4.69, 9.17) is 9.97 Å². The standard InChI is InChI=1S/C46H27N3S/c1-3-14-28(15-4-1)42-45-43(48-46(47-42)29-16-5-2-6-17-29)36-23-13-25-39(44(36)50-45)49-37-24-12-11-22-35(37)41-38(49)27-26-34-32-20-8-7-18-30(32)31-19-9-10-21-33(31)40(34)41/h1-27H. The second-order valence-electron chi connectivity index (χ2n) is 12.9. The summed E-state index contributed by atoms with van der Waals surface area (Å²) in [6.07, 6.45) is 0. The van der Waals surface area contributed by atoms with Crippen LogP contribution in [0.3, 0.4) is 0 Å². The fourth-order valence-electron chi connectivity index (χ4n) is 8.05. The van der Waals surface area contributed by atoms with Crippen molar-refractivity contribution in [2.75, 3.05) is 0 Å². The van der Waals surface area contributed by atoms with Crippen LogP contribution in [0, 0.1) is 0 Å². The lowest BCUT2D eigenvalue weighted by Gasteiger charge is -2.13. The fraction of sp³-hybridized carbons (Fsp3) is 0. The van der Waals surface area contributed by atoms with Crippen LogP contribution in [-0.2, 0) is 0 Å². The van der Waals surface area contributed by atoms with Gasteiger partial charge in [-0.05, 0) is 45.1 Å². The molecule has 8 aromatic carbocycles. The summed E-state index contributed by atoms with van der Waals surface area (Å²) in [5.74, 6) is 0.740. The number of hydrogen-bond acceptors (Lipinski definition) is 3. The zero-order valence-electron chi connectivity index (χ0n) is 26.8. The third-order valence-corrected chi connectivity index (χ3v) is 11.4. The van der Waals surface area contributed by atoms with Gasteiger partial charge in [-0.15, -0.1) is 11.3 Å². The highest BCUT2D eigenvalue weighted by molar-refractivity contribution is 7.26. The highest BCUT2D eigenvalue weighted by Gasteiger charge is 2.22. The number of rotatable bonds is 3. The number of hydrogen-bond donors (Lipinski definition) is 0. The number of aromatic nitrogens is 3. The third-order valence-electron chi connectivity index (χ3n) is 10.2. The smallest absolute Gasteiger partial charge is 0.160 e. The minimum absolute atomic E-state index is 0.740. The molecule has 0 aliphatic rings. The van der Waals surface area contributed by atoms with Crippen LogP contribution in [0.1, 0.15) is 0 Å². The summed E-state index contributed by atoms with van der Waals surface area (Å²) in [4.78, 5) is 10.5. The maximum absolute atomic E-state index is 5.26. The molecule has 3 heterocycles. The average Bonchev–Trinajstić information content (AvgIpc) is 3.74. The Morgan fingerprint density at radius 1 is 0.380 bits per heavy atom. The summed E-state index contributed by atoms with van der Waals surface area (Å²) in [5.41, 5.74) is 7.60. The molecular formula is C46H27N3S. The van der Waals surface area contributed by atoms with Gasteiger partial charge in [0, 0.05) is 32.7 Å². The van der Waals surface area contributed by atoms with Gasteiger partial charge in [0.25, 0.3) is 0 Å². The van der Waals surface area contributed by atoms with Crippen LogP contribution in [0.15, 0.2) is 164 Å². The van der Waals surface area contributed by atoms with E-state index in [2.05, 4.69) is 150 Å². The molecule has 232 valence electrons. The molecule has 50 heavy (non-hydrogen) atoms. The normalized spacial score (nSPS) is 12.0. The van der Waals surface area contributed by atoms with Gasteiger partial charge in [0.1, 0.15) is 0 Å². The topological polar surface area (TPSA) is 30.7 Å². The van der Waals surface area contributed by atoms with Gasteiger partial charge in [-0.2, -0.15) is 0 Å². The molecule has 0 saturated heterocycles. The van der Waals surface area contributed by atoms with Gasteiger partial charge in [-0.1, -0.05) is 146 Å². The molecule has 0 spiro atoms. The van der Waals surface area contributed by atoms with Crippen molar-refractivity contribution in [3.8, 4) is 28.3 Å². The van der Waals surface area contributed by atoms with Crippen molar-refractivity contribution >= 4 is 85.8 Å². The number of para-hydroxylation sites is 1. The van der Waals surface area contributed by atoms with E-state index in [1.165, 1.54) is 58.8 Å². The molecule has 11 rings (SSSR count). The Morgan fingerprint density at radius 3 is 1.70 bits per heavy atom. The Morgan fingerprint density at radius 2 is 0.960 bits per heavy atom. The lowest BCUT2D eigenvalue weighted by Crippen LogP contribution is -1.94. The van der Waals surface area contributed by atoms with Crippen LogP contribution < -0.4 is 0 Å². The summed E-state index contributed by atoms with van der Waals surface area (Å²) < 4.78 is 4.77. The van der Waals surface area contributed by atoms with E-state index in [0.717, 1.165) is 43.9 Å². The Kier molecular flexibility index (Phi) is 5.83. The van der Waals surface area contributed by atoms with E-state index in [9.17, 15) is 0 Å². The van der Waals surface area contributed by atoms with Crippen LogP contribution in [0.2, 0.25) is 0 Å². The second kappa shape index (κ2) is 10.6. The van der Waals surface area contributed by atoms with Gasteiger partial charge in [0.15, 0.2) is 5.82 Å². The molecule has 0 saturated carbocycles. The van der Waals surface area contributed by atoms with Crippen molar-refractivity contribution in [2.24, 2.45) is 0 Å². The van der Waals surface area contributed by atoms with E-state index in [-0.39, 0.29) is 0 Å². The fourth-order valence-corrected chi connectivity index (χ4v) is 9.30. The zero-order valence-corrected chi connectivity index (χ0v) is 27.7. The molecule has 0 aliphatic carbocycles. The molecule has 0 atom stereocenters. The maximum atomic E-state index is 5.26. The Bertz CT molecular complexity index is 3100. The molecule has 0 amide bonds. The van der Waals surface area contributed by atoms with E-state index in [1.54, 1.807) is 11.3 Å². The summed E-state index contributed by atoms with van der Waals surface area (Å²) in [5, 5.41) is 11.4. The van der Waals surface area contributed by atoms with Gasteiger partial charge >= 0.3 is 0 Å². The molecule has 0 bridgehead atoms. The summed E-state index contributed by atoms with van der Waals surface area (Å²) >= 11 is 1.79. The molecule has 4 heteroatoms. The molecule has 0 radical (unpaired) electrons. The third kappa shape index (κ3) is 3.85. The van der Waals surface area contributed by atoms with Crippen molar-refractivity contribution in [1.29, 1.82) is 0 Å². The van der Waals surface area contributed by atoms with Crippen LogP contribution in [0.5, 0.6) is 0 Å². The lowest BCUT2D eigenvalue weighted by molar-refractivity contribution is 1.20. The van der Waals surface area contributed by atoms with E-state index < -0.39 is 0 Å². The van der Waals surface area contributed by atoms with Crippen LogP contribution in [0.4, 0.5) is 0 Å².